The molecule has 0 atom stereocenters. The second-order valence-electron chi connectivity index (χ2n) is 5.67. The lowest BCUT2D eigenvalue weighted by atomic mass is 10.2. The molecule has 0 saturated carbocycles. The number of anilines is 3. The van der Waals surface area contributed by atoms with Gasteiger partial charge in [-0.05, 0) is 25.1 Å². The molecule has 0 saturated heterocycles. The van der Waals surface area contributed by atoms with Crippen molar-refractivity contribution in [2.24, 2.45) is 0 Å². The molecule has 0 aliphatic rings. The van der Waals surface area contributed by atoms with Crippen LogP contribution in [0.25, 0.3) is 10.2 Å². The molecule has 0 bridgehead atoms. The van der Waals surface area contributed by atoms with Gasteiger partial charge >= 0.3 is 6.03 Å². The Morgan fingerprint density at radius 1 is 1.04 bits per heavy atom. The molecule has 0 spiro atoms. The molecule has 134 valence electrons. The van der Waals surface area contributed by atoms with Gasteiger partial charge in [0.05, 0.1) is 11.8 Å². The van der Waals surface area contributed by atoms with Gasteiger partial charge in [0.25, 0.3) is 0 Å². The van der Waals surface area contributed by atoms with Gasteiger partial charge < -0.3 is 20.7 Å². The Morgan fingerprint density at radius 3 is 2.38 bits per heavy atom. The Morgan fingerprint density at radius 2 is 1.73 bits per heavy atom. The van der Waals surface area contributed by atoms with Gasteiger partial charge in [0.15, 0.2) is 5.13 Å². The van der Waals surface area contributed by atoms with Crippen LogP contribution in [0, 0.1) is 6.92 Å². The molecule has 3 amide bonds. The van der Waals surface area contributed by atoms with Crippen LogP contribution in [0.4, 0.5) is 21.3 Å². The van der Waals surface area contributed by atoms with E-state index in [0.29, 0.717) is 27.8 Å². The minimum atomic E-state index is -0.359. The molecule has 0 radical (unpaired) electrons. The molecule has 1 aromatic heterocycles. The van der Waals surface area contributed by atoms with Crippen molar-refractivity contribution in [2.45, 2.75) is 13.8 Å². The fourth-order valence-corrected chi connectivity index (χ4v) is 3.33. The van der Waals surface area contributed by atoms with Crippen LogP contribution in [0.2, 0.25) is 0 Å². The number of benzene rings is 2. The zero-order valence-corrected chi connectivity index (χ0v) is 15.4. The molecule has 1 heterocycles. The van der Waals surface area contributed by atoms with Crippen molar-refractivity contribution in [2.75, 3.05) is 23.1 Å². The van der Waals surface area contributed by atoms with E-state index in [2.05, 4.69) is 20.9 Å². The van der Waals surface area contributed by atoms with Gasteiger partial charge in [-0.3, -0.25) is 4.79 Å². The summed E-state index contributed by atoms with van der Waals surface area (Å²) < 4.78 is 6.15. The van der Waals surface area contributed by atoms with Crippen LogP contribution in [0.5, 0.6) is 5.75 Å². The summed E-state index contributed by atoms with van der Waals surface area (Å²) in [6.45, 7) is 3.40. The average molecular weight is 370 g/mol. The SMILES string of the molecule is COc1cc(NC(=O)Nc2ccc(C)cc2)cc2sc(NC(C)=O)nc12. The van der Waals surface area contributed by atoms with E-state index in [1.54, 1.807) is 12.1 Å². The van der Waals surface area contributed by atoms with E-state index in [0.717, 1.165) is 10.3 Å². The first-order valence-electron chi connectivity index (χ1n) is 7.85. The predicted molar refractivity (Wildman–Crippen MR) is 104 cm³/mol. The maximum Gasteiger partial charge on any atom is 0.323 e. The van der Waals surface area contributed by atoms with Crippen molar-refractivity contribution in [3.63, 3.8) is 0 Å². The van der Waals surface area contributed by atoms with Crippen molar-refractivity contribution in [1.29, 1.82) is 0 Å². The van der Waals surface area contributed by atoms with E-state index in [1.807, 2.05) is 31.2 Å². The highest BCUT2D eigenvalue weighted by Gasteiger charge is 2.13. The monoisotopic (exact) mass is 370 g/mol. The Labute approximate surface area is 154 Å². The number of thiazole rings is 1. The molecule has 3 N–H and O–H groups in total. The van der Waals surface area contributed by atoms with Gasteiger partial charge in [-0.2, -0.15) is 0 Å². The molecule has 0 fully saturated rings. The molecule has 7 nitrogen and oxygen atoms in total. The van der Waals surface area contributed by atoms with E-state index < -0.39 is 0 Å². The first kappa shape index (κ1) is 17.7. The number of urea groups is 1. The third kappa shape index (κ3) is 4.09. The lowest BCUT2D eigenvalue weighted by Gasteiger charge is -2.09. The number of methoxy groups -OCH3 is 1. The maximum absolute atomic E-state index is 12.2. The number of aromatic nitrogens is 1. The summed E-state index contributed by atoms with van der Waals surface area (Å²) in [6.07, 6.45) is 0. The summed E-state index contributed by atoms with van der Waals surface area (Å²) in [5.41, 5.74) is 3.01. The van der Waals surface area contributed by atoms with E-state index >= 15 is 0 Å². The number of nitrogens with one attached hydrogen (secondary N) is 3. The third-order valence-electron chi connectivity index (χ3n) is 3.53. The lowest BCUT2D eigenvalue weighted by Crippen LogP contribution is -2.19. The molecule has 3 rings (SSSR count). The van der Waals surface area contributed by atoms with E-state index in [4.69, 9.17) is 4.74 Å². The number of carbonyl (C=O) groups is 2. The Bertz CT molecular complexity index is 966. The number of amides is 3. The maximum atomic E-state index is 12.2. The number of hydrogen-bond donors (Lipinski definition) is 3. The smallest absolute Gasteiger partial charge is 0.323 e. The largest absolute Gasteiger partial charge is 0.494 e. The van der Waals surface area contributed by atoms with Crippen LogP contribution >= 0.6 is 11.3 Å². The minimum Gasteiger partial charge on any atom is -0.494 e. The van der Waals surface area contributed by atoms with Crippen LogP contribution in [0.15, 0.2) is 36.4 Å². The quantitative estimate of drug-likeness (QED) is 0.641. The van der Waals surface area contributed by atoms with Gasteiger partial charge in [0.2, 0.25) is 5.91 Å². The number of fused-ring (bicyclic) bond motifs is 1. The molecule has 0 aliphatic carbocycles. The van der Waals surface area contributed by atoms with Crippen molar-refractivity contribution in [3.8, 4) is 5.75 Å². The Balaban J connectivity index is 1.81. The van der Waals surface area contributed by atoms with Crippen LogP contribution in [0.3, 0.4) is 0 Å². The number of hydrogen-bond acceptors (Lipinski definition) is 5. The summed E-state index contributed by atoms with van der Waals surface area (Å²) in [6, 6.07) is 10.6. The number of rotatable bonds is 4. The lowest BCUT2D eigenvalue weighted by molar-refractivity contribution is -0.114. The average Bonchev–Trinajstić information content (AvgIpc) is 2.97. The van der Waals surface area contributed by atoms with E-state index in [-0.39, 0.29) is 11.9 Å². The highest BCUT2D eigenvalue weighted by atomic mass is 32.1. The molecule has 26 heavy (non-hydrogen) atoms. The molecular formula is C18H18N4O3S. The summed E-state index contributed by atoms with van der Waals surface area (Å²) >= 11 is 1.31. The second-order valence-corrected chi connectivity index (χ2v) is 6.70. The van der Waals surface area contributed by atoms with Crippen molar-refractivity contribution in [1.82, 2.24) is 4.98 Å². The minimum absolute atomic E-state index is 0.196. The predicted octanol–water partition coefficient (Wildman–Crippen LogP) is 4.22. The number of aryl methyl sites for hydroxylation is 1. The van der Waals surface area contributed by atoms with Gasteiger partial charge in [-0.1, -0.05) is 29.0 Å². The van der Waals surface area contributed by atoms with Crippen LogP contribution in [-0.4, -0.2) is 24.0 Å². The fraction of sp³-hybridized carbons (Fsp3) is 0.167. The van der Waals surface area contributed by atoms with Gasteiger partial charge in [0.1, 0.15) is 11.3 Å². The fourth-order valence-electron chi connectivity index (χ4n) is 2.36. The molecular weight excluding hydrogens is 352 g/mol. The highest BCUT2D eigenvalue weighted by molar-refractivity contribution is 7.22. The van der Waals surface area contributed by atoms with E-state index in [1.165, 1.54) is 25.4 Å². The van der Waals surface area contributed by atoms with Crippen LogP contribution < -0.4 is 20.7 Å². The second kappa shape index (κ2) is 7.40. The standard InChI is InChI=1S/C18H18N4O3S/c1-10-4-6-12(7-5-10)20-17(24)21-13-8-14(25-3)16-15(9-13)26-18(22-16)19-11(2)23/h4-9H,1-3H3,(H,19,22,23)(H2,20,21,24). The van der Waals surface area contributed by atoms with E-state index in [9.17, 15) is 9.59 Å². The Kier molecular flexibility index (Phi) is 5.04. The molecule has 2 aromatic carbocycles. The van der Waals surface area contributed by atoms with Crippen molar-refractivity contribution >= 4 is 50.0 Å². The van der Waals surface area contributed by atoms with Gasteiger partial charge in [-0.15, -0.1) is 0 Å². The summed E-state index contributed by atoms with van der Waals surface area (Å²) in [4.78, 5) is 27.8. The number of ether oxygens (including phenoxy) is 1. The topological polar surface area (TPSA) is 92.4 Å². The van der Waals surface area contributed by atoms with Crippen molar-refractivity contribution in [3.05, 3.63) is 42.0 Å². The van der Waals surface area contributed by atoms with Crippen LogP contribution in [-0.2, 0) is 4.79 Å². The molecule has 0 unspecified atom stereocenters. The normalized spacial score (nSPS) is 10.4. The van der Waals surface area contributed by atoms with Gasteiger partial charge in [0, 0.05) is 24.4 Å². The number of nitrogens with zero attached hydrogens (tertiary/aromatic N) is 1. The summed E-state index contributed by atoms with van der Waals surface area (Å²) in [5.74, 6) is 0.319. The highest BCUT2D eigenvalue weighted by Crippen LogP contribution is 2.35. The zero-order valence-electron chi connectivity index (χ0n) is 14.5. The van der Waals surface area contributed by atoms with Gasteiger partial charge in [-0.25, -0.2) is 9.78 Å². The summed E-state index contributed by atoms with van der Waals surface area (Å²) in [5, 5.41) is 8.69. The summed E-state index contributed by atoms with van der Waals surface area (Å²) in [7, 11) is 1.53. The first-order valence-corrected chi connectivity index (χ1v) is 8.67. The molecule has 8 heteroatoms. The third-order valence-corrected chi connectivity index (χ3v) is 4.45. The number of carbonyl (C=O) groups excluding carboxylic acids is 2. The molecule has 3 aromatic rings. The molecule has 0 aliphatic heterocycles. The van der Waals surface area contributed by atoms with Crippen LogP contribution in [0.1, 0.15) is 12.5 Å². The van der Waals surface area contributed by atoms with Crippen molar-refractivity contribution < 1.29 is 14.3 Å². The Hall–Kier alpha value is -3.13. The zero-order chi connectivity index (χ0) is 18.7. The first-order chi connectivity index (χ1) is 12.4.